The number of nitrogens with zero attached hydrogens (tertiary/aromatic N) is 1. The summed E-state index contributed by atoms with van der Waals surface area (Å²) in [4.78, 5) is 9.52. The van der Waals surface area contributed by atoms with E-state index in [-0.39, 0.29) is 11.5 Å². The van der Waals surface area contributed by atoms with Crippen molar-refractivity contribution >= 4 is 0 Å². The van der Waals surface area contributed by atoms with Crippen molar-refractivity contribution in [3.8, 4) is 0 Å². The van der Waals surface area contributed by atoms with Crippen LogP contribution in [0, 0.1) is 16.0 Å². The molecular weight excluding hydrogens is 108 g/mol. The Morgan fingerprint density at radius 1 is 1.75 bits per heavy atom. The molecule has 4 heteroatoms. The Bertz CT molecular complexity index is 100. The molecule has 46 valence electrons. The summed E-state index contributed by atoms with van der Waals surface area (Å²) in [5.41, 5.74) is 0. The van der Waals surface area contributed by atoms with Crippen molar-refractivity contribution in [2.75, 3.05) is 19.6 Å². The zero-order valence-electron chi connectivity index (χ0n) is 4.46. The van der Waals surface area contributed by atoms with Crippen LogP contribution in [0.5, 0.6) is 0 Å². The maximum absolute atomic E-state index is 9.78. The van der Waals surface area contributed by atoms with Crippen LogP contribution in [0.25, 0.3) is 0 Å². The van der Waals surface area contributed by atoms with E-state index >= 15 is 0 Å². The average Bonchev–Trinajstić information content (AvgIpc) is 1.55. The van der Waals surface area contributed by atoms with Crippen LogP contribution >= 0.6 is 0 Å². The Hall–Kier alpha value is -0.640. The first-order valence-corrected chi connectivity index (χ1v) is 2.61. The molecule has 0 bridgehead atoms. The van der Waals surface area contributed by atoms with Gasteiger partial charge in [0.05, 0.1) is 0 Å². The lowest BCUT2D eigenvalue weighted by atomic mass is 10.0. The van der Waals surface area contributed by atoms with Crippen molar-refractivity contribution in [3.63, 3.8) is 0 Å². The van der Waals surface area contributed by atoms with Crippen molar-refractivity contribution in [2.24, 2.45) is 5.92 Å². The minimum absolute atomic E-state index is 0.132. The van der Waals surface area contributed by atoms with Crippen molar-refractivity contribution in [2.45, 2.75) is 0 Å². The van der Waals surface area contributed by atoms with Crippen LogP contribution in [0.1, 0.15) is 0 Å². The third-order valence-corrected chi connectivity index (χ3v) is 1.27. The Labute approximate surface area is 47.0 Å². The zero-order chi connectivity index (χ0) is 5.98. The molecule has 0 amide bonds. The van der Waals surface area contributed by atoms with E-state index in [1.165, 1.54) is 0 Å². The second-order valence-electron chi connectivity index (χ2n) is 2.04. The third-order valence-electron chi connectivity index (χ3n) is 1.27. The summed E-state index contributed by atoms with van der Waals surface area (Å²) >= 11 is 0. The largest absolute Gasteiger partial charge is 0.316 e. The molecule has 1 N–H and O–H groups in total. The second-order valence-corrected chi connectivity index (χ2v) is 2.04. The molecule has 0 aromatic heterocycles. The topological polar surface area (TPSA) is 55.2 Å². The number of nitro groups is 1. The van der Waals surface area contributed by atoms with Gasteiger partial charge in [0.15, 0.2) is 0 Å². The standard InChI is InChI=1S/C4H8N2O2/c7-6(8)3-4-1-5-2-4/h4-5H,1-3H2. The Balaban J connectivity index is 2.09. The molecule has 0 aromatic carbocycles. The SMILES string of the molecule is O=[N+]([O-])CC1CNC1. The summed E-state index contributed by atoms with van der Waals surface area (Å²) in [5.74, 6) is 0.296. The van der Waals surface area contributed by atoms with Gasteiger partial charge in [-0.05, 0) is 0 Å². The quantitative estimate of drug-likeness (QED) is 0.390. The van der Waals surface area contributed by atoms with Gasteiger partial charge in [-0.3, -0.25) is 10.1 Å². The first kappa shape index (κ1) is 5.50. The van der Waals surface area contributed by atoms with Gasteiger partial charge in [0.25, 0.3) is 0 Å². The van der Waals surface area contributed by atoms with Gasteiger partial charge < -0.3 is 5.32 Å². The Kier molecular flexibility index (Phi) is 1.43. The van der Waals surface area contributed by atoms with Crippen LogP contribution in [0.2, 0.25) is 0 Å². The van der Waals surface area contributed by atoms with E-state index in [1.54, 1.807) is 0 Å². The van der Waals surface area contributed by atoms with E-state index in [2.05, 4.69) is 5.32 Å². The molecular formula is C4H8N2O2. The van der Waals surface area contributed by atoms with Crippen LogP contribution in [0.3, 0.4) is 0 Å². The Morgan fingerprint density at radius 2 is 2.38 bits per heavy atom. The lowest BCUT2D eigenvalue weighted by Crippen LogP contribution is -2.45. The molecule has 0 aliphatic carbocycles. The molecule has 8 heavy (non-hydrogen) atoms. The number of hydrogen-bond acceptors (Lipinski definition) is 3. The highest BCUT2D eigenvalue weighted by atomic mass is 16.6. The van der Waals surface area contributed by atoms with Gasteiger partial charge in [-0.25, -0.2) is 0 Å². The fourth-order valence-corrected chi connectivity index (χ4v) is 0.688. The highest BCUT2D eigenvalue weighted by Crippen LogP contribution is 2.00. The van der Waals surface area contributed by atoms with Gasteiger partial charge in [0, 0.05) is 23.9 Å². The van der Waals surface area contributed by atoms with E-state index in [0.29, 0.717) is 5.92 Å². The van der Waals surface area contributed by atoms with Gasteiger partial charge >= 0.3 is 0 Å². The Morgan fingerprint density at radius 3 is 2.50 bits per heavy atom. The first-order chi connectivity index (χ1) is 3.79. The molecule has 1 rings (SSSR count). The molecule has 4 nitrogen and oxygen atoms in total. The molecule has 1 aliphatic rings. The van der Waals surface area contributed by atoms with Crippen LogP contribution < -0.4 is 5.32 Å². The van der Waals surface area contributed by atoms with Crippen LogP contribution in [0.4, 0.5) is 0 Å². The van der Waals surface area contributed by atoms with Crippen molar-refractivity contribution in [3.05, 3.63) is 10.1 Å². The summed E-state index contributed by atoms with van der Waals surface area (Å²) in [7, 11) is 0. The third kappa shape index (κ3) is 1.16. The number of rotatable bonds is 2. The summed E-state index contributed by atoms with van der Waals surface area (Å²) < 4.78 is 0. The minimum Gasteiger partial charge on any atom is -0.316 e. The van der Waals surface area contributed by atoms with Crippen molar-refractivity contribution < 1.29 is 4.92 Å². The number of hydrogen-bond donors (Lipinski definition) is 1. The summed E-state index contributed by atoms with van der Waals surface area (Å²) in [6.45, 7) is 1.77. The smallest absolute Gasteiger partial charge is 0.209 e. The van der Waals surface area contributed by atoms with E-state index in [4.69, 9.17) is 0 Å². The summed E-state index contributed by atoms with van der Waals surface area (Å²) in [5, 5.41) is 12.7. The molecule has 0 radical (unpaired) electrons. The van der Waals surface area contributed by atoms with E-state index in [1.807, 2.05) is 0 Å². The summed E-state index contributed by atoms with van der Waals surface area (Å²) in [6.07, 6.45) is 0. The molecule has 0 aromatic rings. The molecule has 1 aliphatic heterocycles. The van der Waals surface area contributed by atoms with E-state index < -0.39 is 0 Å². The fourth-order valence-electron chi connectivity index (χ4n) is 0.688. The molecule has 0 spiro atoms. The van der Waals surface area contributed by atoms with Gasteiger partial charge in [0.2, 0.25) is 6.54 Å². The van der Waals surface area contributed by atoms with Gasteiger partial charge in [-0.15, -0.1) is 0 Å². The molecule has 1 fully saturated rings. The highest BCUT2D eigenvalue weighted by Gasteiger charge is 2.21. The maximum Gasteiger partial charge on any atom is 0.209 e. The summed E-state index contributed by atoms with van der Waals surface area (Å²) in [6, 6.07) is 0. The number of nitrogens with one attached hydrogen (secondary N) is 1. The van der Waals surface area contributed by atoms with Crippen LogP contribution in [-0.4, -0.2) is 24.6 Å². The maximum atomic E-state index is 9.78. The lowest BCUT2D eigenvalue weighted by molar-refractivity contribution is -0.489. The minimum atomic E-state index is -0.258. The fraction of sp³-hybridized carbons (Fsp3) is 1.00. The monoisotopic (exact) mass is 116 g/mol. The molecule has 0 atom stereocenters. The van der Waals surface area contributed by atoms with Crippen LogP contribution in [0.15, 0.2) is 0 Å². The van der Waals surface area contributed by atoms with E-state index in [9.17, 15) is 10.1 Å². The van der Waals surface area contributed by atoms with Crippen molar-refractivity contribution in [1.29, 1.82) is 0 Å². The lowest BCUT2D eigenvalue weighted by Gasteiger charge is -2.22. The second kappa shape index (κ2) is 2.09. The highest BCUT2D eigenvalue weighted by molar-refractivity contribution is 4.72. The van der Waals surface area contributed by atoms with E-state index in [0.717, 1.165) is 13.1 Å². The zero-order valence-corrected chi connectivity index (χ0v) is 4.46. The predicted octanol–water partition coefficient (Wildman–Crippen LogP) is -0.518. The molecule has 0 saturated carbocycles. The molecule has 0 unspecified atom stereocenters. The van der Waals surface area contributed by atoms with Crippen LogP contribution in [-0.2, 0) is 0 Å². The predicted molar refractivity (Wildman–Crippen MR) is 28.2 cm³/mol. The molecule has 1 saturated heterocycles. The van der Waals surface area contributed by atoms with Gasteiger partial charge in [0.1, 0.15) is 0 Å². The average molecular weight is 116 g/mol. The first-order valence-electron chi connectivity index (χ1n) is 2.61. The van der Waals surface area contributed by atoms with Gasteiger partial charge in [-0.1, -0.05) is 0 Å². The van der Waals surface area contributed by atoms with Crippen molar-refractivity contribution in [1.82, 2.24) is 5.32 Å². The van der Waals surface area contributed by atoms with Gasteiger partial charge in [-0.2, -0.15) is 0 Å². The molecule has 1 heterocycles. The normalized spacial score (nSPS) is 20.0.